The van der Waals surface area contributed by atoms with Crippen molar-refractivity contribution >= 4 is 28.8 Å². The van der Waals surface area contributed by atoms with E-state index in [0.29, 0.717) is 29.1 Å². The molecule has 3 aromatic rings. The molecule has 0 unspecified atom stereocenters. The average molecular weight is 351 g/mol. The third-order valence-electron chi connectivity index (χ3n) is 3.55. The number of nitrogens with zero attached hydrogens (tertiary/aromatic N) is 1. The molecule has 25 heavy (non-hydrogen) atoms. The summed E-state index contributed by atoms with van der Waals surface area (Å²) in [4.78, 5) is 29.0. The fourth-order valence-corrected chi connectivity index (χ4v) is 2.93. The van der Waals surface area contributed by atoms with Crippen LogP contribution in [-0.4, -0.2) is 23.3 Å². The molecule has 2 amide bonds. The molecule has 126 valence electrons. The van der Waals surface area contributed by atoms with Gasteiger partial charge in [-0.3, -0.25) is 14.6 Å². The van der Waals surface area contributed by atoms with E-state index < -0.39 is 0 Å². The van der Waals surface area contributed by atoms with Gasteiger partial charge in [-0.15, -0.1) is 11.3 Å². The van der Waals surface area contributed by atoms with Crippen LogP contribution in [0.15, 0.2) is 66.3 Å². The van der Waals surface area contributed by atoms with Gasteiger partial charge >= 0.3 is 0 Å². The Kier molecular flexibility index (Phi) is 5.53. The Morgan fingerprint density at radius 3 is 2.72 bits per heavy atom. The van der Waals surface area contributed by atoms with Crippen molar-refractivity contribution < 1.29 is 9.59 Å². The molecular formula is C19H17N3O2S. The zero-order valence-corrected chi connectivity index (χ0v) is 14.3. The number of nitrogens with one attached hydrogen (secondary N) is 2. The number of amides is 2. The highest BCUT2D eigenvalue weighted by molar-refractivity contribution is 7.12. The predicted molar refractivity (Wildman–Crippen MR) is 99.0 cm³/mol. The maximum atomic E-state index is 12.3. The van der Waals surface area contributed by atoms with E-state index in [9.17, 15) is 9.59 Å². The second kappa shape index (κ2) is 8.21. The lowest BCUT2D eigenvalue weighted by Gasteiger charge is -2.08. The van der Waals surface area contributed by atoms with Crippen molar-refractivity contribution in [2.75, 3.05) is 11.9 Å². The highest BCUT2D eigenvalue weighted by atomic mass is 32.1. The maximum Gasteiger partial charge on any atom is 0.265 e. The number of carbonyl (C=O) groups excluding carboxylic acids is 2. The largest absolute Gasteiger partial charge is 0.352 e. The number of pyridine rings is 1. The van der Waals surface area contributed by atoms with Gasteiger partial charge in [0.25, 0.3) is 11.8 Å². The van der Waals surface area contributed by atoms with E-state index in [1.54, 1.807) is 42.7 Å². The summed E-state index contributed by atoms with van der Waals surface area (Å²) in [5, 5.41) is 7.53. The Morgan fingerprint density at radius 2 is 1.96 bits per heavy atom. The average Bonchev–Trinajstić information content (AvgIpc) is 3.18. The molecule has 0 atom stereocenters. The van der Waals surface area contributed by atoms with Gasteiger partial charge in [0, 0.05) is 30.2 Å². The van der Waals surface area contributed by atoms with Gasteiger partial charge in [0.15, 0.2) is 0 Å². The number of rotatable bonds is 6. The minimum Gasteiger partial charge on any atom is -0.352 e. The summed E-state index contributed by atoms with van der Waals surface area (Å²) in [7, 11) is 0. The van der Waals surface area contributed by atoms with Gasteiger partial charge in [-0.25, -0.2) is 0 Å². The van der Waals surface area contributed by atoms with Crippen molar-refractivity contribution in [3.05, 3.63) is 82.3 Å². The molecular weight excluding hydrogens is 334 g/mol. The minimum atomic E-state index is -0.177. The van der Waals surface area contributed by atoms with Crippen molar-refractivity contribution in [1.29, 1.82) is 0 Å². The number of carbonyl (C=O) groups is 2. The molecule has 0 bridgehead atoms. The molecule has 5 nitrogen and oxygen atoms in total. The maximum absolute atomic E-state index is 12.3. The molecule has 0 fully saturated rings. The topological polar surface area (TPSA) is 71.1 Å². The Morgan fingerprint density at radius 1 is 1.04 bits per heavy atom. The van der Waals surface area contributed by atoms with E-state index in [1.165, 1.54) is 11.3 Å². The van der Waals surface area contributed by atoms with Crippen LogP contribution < -0.4 is 10.6 Å². The first-order valence-electron chi connectivity index (χ1n) is 7.84. The Balaban J connectivity index is 1.57. The van der Waals surface area contributed by atoms with Gasteiger partial charge in [-0.1, -0.05) is 18.2 Å². The SMILES string of the molecule is O=C(NCCc1cccnc1)c1cccc(NC(=O)c2cccs2)c1. The predicted octanol–water partition coefficient (Wildman–Crippen LogP) is 3.37. The van der Waals surface area contributed by atoms with Crippen LogP contribution in [0.1, 0.15) is 25.6 Å². The van der Waals surface area contributed by atoms with Gasteiger partial charge in [-0.05, 0) is 47.7 Å². The van der Waals surface area contributed by atoms with E-state index in [-0.39, 0.29) is 11.8 Å². The second-order valence-electron chi connectivity index (χ2n) is 5.38. The molecule has 3 rings (SSSR count). The number of benzene rings is 1. The first-order valence-corrected chi connectivity index (χ1v) is 8.72. The molecule has 2 aromatic heterocycles. The summed E-state index contributed by atoms with van der Waals surface area (Å²) >= 11 is 1.37. The van der Waals surface area contributed by atoms with Gasteiger partial charge < -0.3 is 10.6 Å². The molecule has 6 heteroatoms. The van der Waals surface area contributed by atoms with E-state index in [0.717, 1.165) is 5.56 Å². The van der Waals surface area contributed by atoms with E-state index >= 15 is 0 Å². The standard InChI is InChI=1S/C19H17N3O2S/c23-18(21-10-8-14-4-2-9-20-13-14)15-5-1-6-16(12-15)22-19(24)17-7-3-11-25-17/h1-7,9,11-13H,8,10H2,(H,21,23)(H,22,24). The van der Waals surface area contributed by atoms with Gasteiger partial charge in [0.05, 0.1) is 4.88 Å². The quantitative estimate of drug-likeness (QED) is 0.715. The zero-order valence-electron chi connectivity index (χ0n) is 13.4. The highest BCUT2D eigenvalue weighted by Crippen LogP contribution is 2.15. The number of aromatic nitrogens is 1. The Hall–Kier alpha value is -2.99. The van der Waals surface area contributed by atoms with Crippen LogP contribution >= 0.6 is 11.3 Å². The van der Waals surface area contributed by atoms with Crippen molar-refractivity contribution in [1.82, 2.24) is 10.3 Å². The van der Waals surface area contributed by atoms with Gasteiger partial charge in [0.2, 0.25) is 0 Å². The normalized spacial score (nSPS) is 10.2. The molecule has 0 saturated carbocycles. The molecule has 0 aliphatic rings. The first-order chi connectivity index (χ1) is 12.2. The van der Waals surface area contributed by atoms with Crippen molar-refractivity contribution in [2.24, 2.45) is 0 Å². The number of anilines is 1. The second-order valence-corrected chi connectivity index (χ2v) is 6.33. The highest BCUT2D eigenvalue weighted by Gasteiger charge is 2.09. The zero-order chi connectivity index (χ0) is 17.5. The van der Waals surface area contributed by atoms with Crippen molar-refractivity contribution in [3.63, 3.8) is 0 Å². The Labute approximate surface area is 149 Å². The van der Waals surface area contributed by atoms with Crippen LogP contribution in [0.25, 0.3) is 0 Å². The Bertz CT molecular complexity index is 848. The van der Waals surface area contributed by atoms with Crippen LogP contribution in [0.4, 0.5) is 5.69 Å². The molecule has 0 saturated heterocycles. The molecule has 0 radical (unpaired) electrons. The third-order valence-corrected chi connectivity index (χ3v) is 4.42. The molecule has 0 spiro atoms. The minimum absolute atomic E-state index is 0.170. The van der Waals surface area contributed by atoms with Crippen molar-refractivity contribution in [2.45, 2.75) is 6.42 Å². The van der Waals surface area contributed by atoms with Crippen molar-refractivity contribution in [3.8, 4) is 0 Å². The smallest absolute Gasteiger partial charge is 0.265 e. The third kappa shape index (κ3) is 4.74. The lowest BCUT2D eigenvalue weighted by molar-refractivity contribution is 0.0952. The van der Waals surface area contributed by atoms with E-state index in [2.05, 4.69) is 15.6 Å². The van der Waals surface area contributed by atoms with Crippen LogP contribution in [0.2, 0.25) is 0 Å². The molecule has 0 aliphatic carbocycles. The van der Waals surface area contributed by atoms with Crippen LogP contribution in [0.5, 0.6) is 0 Å². The van der Waals surface area contributed by atoms with Crippen LogP contribution in [0.3, 0.4) is 0 Å². The van der Waals surface area contributed by atoms with Crippen LogP contribution in [-0.2, 0) is 6.42 Å². The summed E-state index contributed by atoms with van der Waals surface area (Å²) in [6.45, 7) is 0.524. The molecule has 1 aromatic carbocycles. The fraction of sp³-hybridized carbons (Fsp3) is 0.105. The number of thiophene rings is 1. The molecule has 0 aliphatic heterocycles. The fourth-order valence-electron chi connectivity index (χ4n) is 2.31. The lowest BCUT2D eigenvalue weighted by atomic mass is 10.1. The van der Waals surface area contributed by atoms with Gasteiger partial charge in [0.1, 0.15) is 0 Å². The number of hydrogen-bond acceptors (Lipinski definition) is 4. The summed E-state index contributed by atoms with van der Waals surface area (Å²) < 4.78 is 0. The lowest BCUT2D eigenvalue weighted by Crippen LogP contribution is -2.25. The summed E-state index contributed by atoms with van der Waals surface area (Å²) in [5.41, 5.74) is 2.17. The molecule has 2 N–H and O–H groups in total. The summed E-state index contributed by atoms with van der Waals surface area (Å²) in [5.74, 6) is -0.347. The van der Waals surface area contributed by atoms with E-state index in [4.69, 9.17) is 0 Å². The number of hydrogen-bond donors (Lipinski definition) is 2. The van der Waals surface area contributed by atoms with Gasteiger partial charge in [-0.2, -0.15) is 0 Å². The monoisotopic (exact) mass is 351 g/mol. The van der Waals surface area contributed by atoms with Crippen LogP contribution in [0, 0.1) is 0 Å². The molecule has 2 heterocycles. The summed E-state index contributed by atoms with van der Waals surface area (Å²) in [6.07, 6.45) is 4.22. The van der Waals surface area contributed by atoms with E-state index in [1.807, 2.05) is 23.6 Å². The summed E-state index contributed by atoms with van der Waals surface area (Å²) in [6, 6.07) is 14.3. The first kappa shape index (κ1) is 16.9.